The Hall–Kier alpha value is -1.84. The molecule has 25 heavy (non-hydrogen) atoms. The first-order chi connectivity index (χ1) is 12.0. The van der Waals surface area contributed by atoms with Gasteiger partial charge in [0.1, 0.15) is 6.54 Å². The standard InChI is InChI=1S/C21H32N2O2/c1-17(2)22(15-19-11-7-6-8-12-19)21(25)16-23(18(3)24)20-13-9-4-5-10-14-20/h6-8,11-12,17,20H,4-5,9-10,13-16H2,1-3H3. The van der Waals surface area contributed by atoms with Crippen molar-refractivity contribution in [1.82, 2.24) is 9.80 Å². The number of hydrogen-bond acceptors (Lipinski definition) is 2. The zero-order valence-electron chi connectivity index (χ0n) is 15.9. The zero-order valence-corrected chi connectivity index (χ0v) is 15.9. The Kier molecular flexibility index (Phi) is 7.48. The van der Waals surface area contributed by atoms with Gasteiger partial charge in [-0.2, -0.15) is 0 Å². The van der Waals surface area contributed by atoms with Crippen LogP contribution in [0.3, 0.4) is 0 Å². The Morgan fingerprint density at radius 3 is 2.16 bits per heavy atom. The van der Waals surface area contributed by atoms with Crippen LogP contribution in [0.15, 0.2) is 30.3 Å². The maximum Gasteiger partial charge on any atom is 0.242 e. The lowest BCUT2D eigenvalue weighted by atomic mass is 10.1. The number of benzene rings is 1. The summed E-state index contributed by atoms with van der Waals surface area (Å²) in [6, 6.07) is 10.4. The fourth-order valence-electron chi connectivity index (χ4n) is 3.64. The minimum absolute atomic E-state index is 0.0173. The normalized spacial score (nSPS) is 15.7. The Morgan fingerprint density at radius 1 is 1.04 bits per heavy atom. The molecule has 1 aromatic rings. The smallest absolute Gasteiger partial charge is 0.242 e. The molecule has 4 heteroatoms. The second-order valence-electron chi connectivity index (χ2n) is 7.39. The quantitative estimate of drug-likeness (QED) is 0.732. The molecule has 0 unspecified atom stereocenters. The van der Waals surface area contributed by atoms with Gasteiger partial charge in [-0.1, -0.05) is 56.0 Å². The highest BCUT2D eigenvalue weighted by Gasteiger charge is 2.27. The van der Waals surface area contributed by atoms with E-state index in [1.54, 1.807) is 6.92 Å². The summed E-state index contributed by atoms with van der Waals surface area (Å²) >= 11 is 0. The van der Waals surface area contributed by atoms with E-state index in [0.717, 1.165) is 31.2 Å². The zero-order chi connectivity index (χ0) is 18.2. The lowest BCUT2D eigenvalue weighted by Crippen LogP contribution is -2.48. The molecule has 1 aliphatic rings. The summed E-state index contributed by atoms with van der Waals surface area (Å²) < 4.78 is 0. The summed E-state index contributed by atoms with van der Waals surface area (Å²) in [6.45, 7) is 6.45. The minimum atomic E-state index is 0.0173. The maximum atomic E-state index is 13.0. The number of hydrogen-bond donors (Lipinski definition) is 0. The second kappa shape index (κ2) is 9.59. The Balaban J connectivity index is 2.07. The summed E-state index contributed by atoms with van der Waals surface area (Å²) in [5.74, 6) is 0.0574. The van der Waals surface area contributed by atoms with Crippen molar-refractivity contribution >= 4 is 11.8 Å². The van der Waals surface area contributed by atoms with Crippen LogP contribution in [0.1, 0.15) is 64.9 Å². The number of amides is 2. The topological polar surface area (TPSA) is 40.6 Å². The van der Waals surface area contributed by atoms with Crippen LogP contribution in [-0.4, -0.2) is 40.2 Å². The summed E-state index contributed by atoms with van der Waals surface area (Å²) in [5.41, 5.74) is 1.12. The van der Waals surface area contributed by atoms with Crippen molar-refractivity contribution in [1.29, 1.82) is 0 Å². The van der Waals surface area contributed by atoms with Crippen molar-refractivity contribution in [3.8, 4) is 0 Å². The molecule has 138 valence electrons. The first-order valence-electron chi connectivity index (χ1n) is 9.59. The Labute approximate surface area is 152 Å². The van der Waals surface area contributed by atoms with Gasteiger partial charge in [-0.3, -0.25) is 9.59 Å². The molecule has 0 aliphatic heterocycles. The molecule has 1 aromatic carbocycles. The molecule has 0 aromatic heterocycles. The van der Waals surface area contributed by atoms with Gasteiger partial charge in [-0.15, -0.1) is 0 Å². The third-order valence-corrected chi connectivity index (χ3v) is 5.11. The predicted octanol–water partition coefficient (Wildman–Crippen LogP) is 3.99. The summed E-state index contributed by atoms with van der Waals surface area (Å²) in [6.07, 6.45) is 6.83. The average molecular weight is 344 g/mol. The molecule has 2 rings (SSSR count). The van der Waals surface area contributed by atoms with Crippen LogP contribution >= 0.6 is 0 Å². The molecule has 1 fully saturated rings. The first kappa shape index (κ1) is 19.5. The molecule has 0 atom stereocenters. The third kappa shape index (κ3) is 5.87. The van der Waals surface area contributed by atoms with Crippen molar-refractivity contribution in [3.63, 3.8) is 0 Å². The van der Waals surface area contributed by atoms with Crippen molar-refractivity contribution in [3.05, 3.63) is 35.9 Å². The second-order valence-corrected chi connectivity index (χ2v) is 7.39. The van der Waals surface area contributed by atoms with Crippen molar-refractivity contribution < 1.29 is 9.59 Å². The largest absolute Gasteiger partial charge is 0.334 e. The molecule has 1 aliphatic carbocycles. The van der Waals surface area contributed by atoms with E-state index in [2.05, 4.69) is 0 Å². The maximum absolute atomic E-state index is 13.0. The highest BCUT2D eigenvalue weighted by Crippen LogP contribution is 2.22. The van der Waals surface area contributed by atoms with E-state index in [1.807, 2.05) is 54.0 Å². The first-order valence-corrected chi connectivity index (χ1v) is 9.59. The third-order valence-electron chi connectivity index (χ3n) is 5.11. The molecule has 1 saturated carbocycles. The Morgan fingerprint density at radius 2 is 1.64 bits per heavy atom. The number of carbonyl (C=O) groups excluding carboxylic acids is 2. The highest BCUT2D eigenvalue weighted by molar-refractivity contribution is 5.84. The molecular formula is C21H32N2O2. The Bertz CT molecular complexity index is 548. The number of rotatable bonds is 6. The van der Waals surface area contributed by atoms with Crippen molar-refractivity contribution in [2.45, 2.75) is 77.9 Å². The van der Waals surface area contributed by atoms with Gasteiger partial charge in [0.25, 0.3) is 0 Å². The SMILES string of the molecule is CC(=O)N(CC(=O)N(Cc1ccccc1)C(C)C)C1CCCCCC1. The van der Waals surface area contributed by atoms with E-state index in [0.29, 0.717) is 6.54 Å². The molecule has 4 nitrogen and oxygen atoms in total. The van der Waals surface area contributed by atoms with Crippen molar-refractivity contribution in [2.75, 3.05) is 6.54 Å². The fourth-order valence-corrected chi connectivity index (χ4v) is 3.64. The molecular weight excluding hydrogens is 312 g/mol. The van der Waals surface area contributed by atoms with E-state index in [-0.39, 0.29) is 30.4 Å². The summed E-state index contributed by atoms with van der Waals surface area (Å²) in [5, 5.41) is 0. The predicted molar refractivity (Wildman–Crippen MR) is 101 cm³/mol. The van der Waals surface area contributed by atoms with Crippen LogP contribution in [0.2, 0.25) is 0 Å². The van der Waals surface area contributed by atoms with Crippen LogP contribution in [0.4, 0.5) is 0 Å². The monoisotopic (exact) mass is 344 g/mol. The molecule has 0 radical (unpaired) electrons. The van der Waals surface area contributed by atoms with Crippen LogP contribution in [0, 0.1) is 0 Å². The lowest BCUT2D eigenvalue weighted by Gasteiger charge is -2.34. The summed E-state index contributed by atoms with van der Waals surface area (Å²) in [7, 11) is 0. The van der Waals surface area contributed by atoms with E-state index in [4.69, 9.17) is 0 Å². The molecule has 0 N–H and O–H groups in total. The van der Waals surface area contributed by atoms with Gasteiger partial charge in [0.2, 0.25) is 11.8 Å². The highest BCUT2D eigenvalue weighted by atomic mass is 16.2. The molecule has 0 heterocycles. The molecule has 0 saturated heterocycles. The van der Waals surface area contributed by atoms with Crippen LogP contribution in [0.5, 0.6) is 0 Å². The van der Waals surface area contributed by atoms with E-state index in [1.165, 1.54) is 12.8 Å². The number of carbonyl (C=O) groups is 2. The van der Waals surface area contributed by atoms with Gasteiger partial charge in [0, 0.05) is 25.6 Å². The van der Waals surface area contributed by atoms with E-state index >= 15 is 0 Å². The van der Waals surface area contributed by atoms with Crippen LogP contribution in [0.25, 0.3) is 0 Å². The van der Waals surface area contributed by atoms with E-state index < -0.39 is 0 Å². The van der Waals surface area contributed by atoms with Gasteiger partial charge in [-0.25, -0.2) is 0 Å². The van der Waals surface area contributed by atoms with E-state index in [9.17, 15) is 9.59 Å². The lowest BCUT2D eigenvalue weighted by molar-refractivity contribution is -0.143. The fraction of sp³-hybridized carbons (Fsp3) is 0.619. The van der Waals surface area contributed by atoms with Gasteiger partial charge in [0.05, 0.1) is 0 Å². The molecule has 0 spiro atoms. The van der Waals surface area contributed by atoms with Gasteiger partial charge in [-0.05, 0) is 32.3 Å². The van der Waals surface area contributed by atoms with Crippen molar-refractivity contribution in [2.24, 2.45) is 0 Å². The molecule has 2 amide bonds. The summed E-state index contributed by atoms with van der Waals surface area (Å²) in [4.78, 5) is 28.9. The van der Waals surface area contributed by atoms with Gasteiger partial charge < -0.3 is 9.80 Å². The average Bonchev–Trinajstić information content (AvgIpc) is 2.87. The van der Waals surface area contributed by atoms with Crippen LogP contribution in [-0.2, 0) is 16.1 Å². The van der Waals surface area contributed by atoms with Crippen LogP contribution < -0.4 is 0 Å². The minimum Gasteiger partial charge on any atom is -0.334 e. The van der Waals surface area contributed by atoms with Gasteiger partial charge in [0.15, 0.2) is 0 Å². The van der Waals surface area contributed by atoms with Gasteiger partial charge >= 0.3 is 0 Å². The number of nitrogens with zero attached hydrogens (tertiary/aromatic N) is 2. The molecule has 0 bridgehead atoms.